The minimum Gasteiger partial charge on any atom is -0.390 e. The first kappa shape index (κ1) is 26.3. The van der Waals surface area contributed by atoms with Crippen molar-refractivity contribution in [2.45, 2.75) is 50.3 Å². The van der Waals surface area contributed by atoms with Crippen LogP contribution in [0.2, 0.25) is 10.0 Å². The molecule has 0 aromatic heterocycles. The van der Waals surface area contributed by atoms with Crippen LogP contribution >= 0.6 is 23.2 Å². The van der Waals surface area contributed by atoms with Crippen LogP contribution in [-0.4, -0.2) is 42.3 Å². The summed E-state index contributed by atoms with van der Waals surface area (Å²) >= 11 is 12.5. The van der Waals surface area contributed by atoms with Gasteiger partial charge in [0.1, 0.15) is 11.9 Å². The van der Waals surface area contributed by atoms with Gasteiger partial charge in [0.05, 0.1) is 30.0 Å². The summed E-state index contributed by atoms with van der Waals surface area (Å²) in [5.74, 6) is -0.867. The van der Waals surface area contributed by atoms with E-state index in [1.54, 1.807) is 25.3 Å². The number of allylic oxidation sites excluding steroid dienone is 1. The summed E-state index contributed by atoms with van der Waals surface area (Å²) in [6.45, 7) is 5.68. The highest BCUT2D eigenvalue weighted by molar-refractivity contribution is 6.31. The van der Waals surface area contributed by atoms with Gasteiger partial charge >= 0.3 is 5.91 Å². The van der Waals surface area contributed by atoms with Gasteiger partial charge in [-0.1, -0.05) is 41.4 Å². The fourth-order valence-electron chi connectivity index (χ4n) is 6.52. The topological polar surface area (TPSA) is 46.5 Å². The van der Waals surface area contributed by atoms with E-state index in [1.807, 2.05) is 32.2 Å². The normalized spacial score (nSPS) is 31.9. The molecule has 2 fully saturated rings. The lowest BCUT2D eigenvalue weighted by Crippen LogP contribution is -2.77. The average molecular weight is 521 g/mol. The van der Waals surface area contributed by atoms with Crippen LogP contribution in [-0.2, 0) is 15.3 Å². The molecule has 0 radical (unpaired) electrons. The Labute approximate surface area is 216 Å². The Kier molecular flexibility index (Phi) is 7.22. The third kappa shape index (κ3) is 4.06. The molecule has 188 valence electrons. The summed E-state index contributed by atoms with van der Waals surface area (Å²) in [7, 11) is 3.40. The number of halogens is 3. The van der Waals surface area contributed by atoms with Gasteiger partial charge in [0.2, 0.25) is 5.72 Å². The van der Waals surface area contributed by atoms with Crippen molar-refractivity contribution >= 4 is 29.1 Å². The van der Waals surface area contributed by atoms with Crippen LogP contribution in [0.3, 0.4) is 0 Å². The van der Waals surface area contributed by atoms with Gasteiger partial charge in [0, 0.05) is 23.6 Å². The minimum absolute atomic E-state index is 0.00644. The highest BCUT2D eigenvalue weighted by Gasteiger charge is 2.72. The molecule has 5 unspecified atom stereocenters. The lowest BCUT2D eigenvalue weighted by Gasteiger charge is -2.60. The summed E-state index contributed by atoms with van der Waals surface area (Å²) in [5, 5.41) is 11.2. The molecule has 35 heavy (non-hydrogen) atoms. The number of carbonyl (C=O) groups excluding carboxylic acids is 1. The second-order valence-electron chi connectivity index (χ2n) is 10.4. The monoisotopic (exact) mass is 520 g/mol. The van der Waals surface area contributed by atoms with Crippen molar-refractivity contribution in [2.75, 3.05) is 20.8 Å². The van der Waals surface area contributed by atoms with Crippen LogP contribution in [0.25, 0.3) is 0 Å². The third-order valence-corrected chi connectivity index (χ3v) is 8.80. The van der Waals surface area contributed by atoms with Crippen LogP contribution in [0.15, 0.2) is 55.1 Å². The molecule has 0 bridgehead atoms. The first-order valence-corrected chi connectivity index (χ1v) is 12.7. The van der Waals surface area contributed by atoms with Crippen molar-refractivity contribution in [2.24, 2.45) is 11.3 Å². The van der Waals surface area contributed by atoms with E-state index in [9.17, 15) is 14.3 Å². The van der Waals surface area contributed by atoms with Crippen LogP contribution in [0.5, 0.6) is 0 Å². The first-order chi connectivity index (χ1) is 16.6. The van der Waals surface area contributed by atoms with E-state index in [2.05, 4.69) is 6.58 Å². The maximum Gasteiger partial charge on any atom is 0.322 e. The zero-order chi connectivity index (χ0) is 25.6. The molecule has 4 rings (SSSR count). The number of piperidine rings is 1. The Morgan fingerprint density at radius 1 is 1.29 bits per heavy atom. The lowest BCUT2D eigenvalue weighted by molar-refractivity contribution is -0.959. The number of hydrogen-bond donors (Lipinski definition) is 1. The third-order valence-electron chi connectivity index (χ3n) is 8.26. The summed E-state index contributed by atoms with van der Waals surface area (Å²) in [5.41, 5.74) is -0.723. The lowest BCUT2D eigenvalue weighted by atomic mass is 9.63. The second kappa shape index (κ2) is 9.60. The van der Waals surface area contributed by atoms with Crippen molar-refractivity contribution in [1.29, 1.82) is 0 Å². The smallest absolute Gasteiger partial charge is 0.322 e. The van der Waals surface area contributed by atoms with Gasteiger partial charge in [-0.25, -0.2) is 13.7 Å². The fraction of sp³-hybridized carbons (Fsp3) is 0.464. The number of ether oxygens (including phenoxy) is 1. The number of likely N-dealkylation sites (N-methyl/N-ethyl adjacent to an activating group) is 1. The molecule has 7 heteroatoms. The predicted molar refractivity (Wildman–Crippen MR) is 137 cm³/mol. The maximum absolute atomic E-state index is 14.9. The number of rotatable bonds is 8. The van der Waals surface area contributed by atoms with E-state index in [0.717, 1.165) is 18.4 Å². The molecule has 2 aliphatic rings. The number of carbonyl (C=O) groups is 1. The first-order valence-electron chi connectivity index (χ1n) is 12.0. The molecule has 4 nitrogen and oxygen atoms in total. The molecule has 0 spiro atoms. The number of amides is 1. The highest BCUT2D eigenvalue weighted by Crippen LogP contribution is 2.61. The van der Waals surface area contributed by atoms with E-state index in [-0.39, 0.29) is 33.9 Å². The zero-order valence-corrected chi connectivity index (χ0v) is 22.0. The minimum atomic E-state index is -1.33. The Morgan fingerprint density at radius 3 is 2.54 bits per heavy atom. The molecule has 1 heterocycles. The average Bonchev–Trinajstić information content (AvgIpc) is 3.66. The molecule has 1 saturated carbocycles. The van der Waals surface area contributed by atoms with Crippen molar-refractivity contribution in [3.05, 3.63) is 82.1 Å². The zero-order valence-electron chi connectivity index (χ0n) is 20.4. The van der Waals surface area contributed by atoms with E-state index in [1.165, 1.54) is 12.1 Å². The van der Waals surface area contributed by atoms with Gasteiger partial charge in [0.25, 0.3) is 0 Å². The largest absolute Gasteiger partial charge is 0.390 e. The molecule has 1 saturated heterocycles. The van der Waals surface area contributed by atoms with Gasteiger partial charge in [0.15, 0.2) is 0 Å². The fourth-order valence-corrected chi connectivity index (χ4v) is 6.83. The number of quaternary nitrogens is 1. The molecule has 1 aliphatic carbocycles. The summed E-state index contributed by atoms with van der Waals surface area (Å²) in [4.78, 5) is 14.6. The van der Waals surface area contributed by atoms with Crippen LogP contribution in [0, 0.1) is 17.2 Å². The molecular weight excluding hydrogens is 488 g/mol. The number of hydrogen-bond acceptors (Lipinski definition) is 3. The molecule has 1 aliphatic heterocycles. The Hall–Kier alpha value is -1.76. The number of likely N-dealkylation sites (tertiary alicyclic amines) is 1. The number of aliphatic hydroxyl groups excluding tert-OH is 1. The van der Waals surface area contributed by atoms with Gasteiger partial charge in [-0.3, -0.25) is 0 Å². The molecule has 5 atom stereocenters. The molecule has 2 aromatic rings. The highest BCUT2D eigenvalue weighted by atomic mass is 35.5. The van der Waals surface area contributed by atoms with Gasteiger partial charge in [-0.15, -0.1) is 6.58 Å². The van der Waals surface area contributed by atoms with E-state index in [0.29, 0.717) is 23.4 Å². The summed E-state index contributed by atoms with van der Waals surface area (Å²) in [6, 6.07) is 11.7. The molecule has 2 aromatic carbocycles. The number of benzene rings is 2. The molecule has 1 N–H and O–H groups in total. The van der Waals surface area contributed by atoms with Crippen molar-refractivity contribution in [1.82, 2.24) is 0 Å². The van der Waals surface area contributed by atoms with Crippen molar-refractivity contribution in [3.8, 4) is 0 Å². The van der Waals surface area contributed by atoms with E-state index < -0.39 is 23.0 Å². The number of nitrogens with zero attached hydrogens (tertiary/aromatic N) is 1. The number of aliphatic hydroxyl groups is 1. The summed E-state index contributed by atoms with van der Waals surface area (Å²) in [6.07, 6.45) is 4.51. The standard InChI is InChI=1S/C28H33Cl2FNO3/c1-5-13-27(2)16-22(19-7-6-8-21(29)14-19)28(35-4,20-11-12-23(30)24(31)15-20)32(3,26(27)34)25(17-33)18-9-10-18/h5-8,11-12,14-15,18,22,25,33H,1,9-10,13,16-17H2,2-4H3/q+1. The van der Waals surface area contributed by atoms with Crippen LogP contribution in [0.1, 0.15) is 49.7 Å². The van der Waals surface area contributed by atoms with Gasteiger partial charge in [-0.2, -0.15) is 0 Å². The van der Waals surface area contributed by atoms with E-state index >= 15 is 0 Å². The Bertz CT molecular complexity index is 1140. The Morgan fingerprint density at radius 2 is 2.00 bits per heavy atom. The molecule has 1 amide bonds. The van der Waals surface area contributed by atoms with Gasteiger partial charge < -0.3 is 9.84 Å². The van der Waals surface area contributed by atoms with Gasteiger partial charge in [-0.05, 0) is 68.5 Å². The predicted octanol–water partition coefficient (Wildman–Crippen LogP) is 6.45. The van der Waals surface area contributed by atoms with Crippen LogP contribution < -0.4 is 0 Å². The maximum atomic E-state index is 14.9. The van der Waals surface area contributed by atoms with Crippen molar-refractivity contribution in [3.63, 3.8) is 0 Å². The summed E-state index contributed by atoms with van der Waals surface area (Å²) < 4.78 is 21.2. The Balaban J connectivity index is 2.10. The van der Waals surface area contributed by atoms with E-state index in [4.69, 9.17) is 27.9 Å². The second-order valence-corrected chi connectivity index (χ2v) is 11.2. The molecular formula is C28H33Cl2FNO3+. The van der Waals surface area contributed by atoms with Crippen molar-refractivity contribution < 1.29 is 23.5 Å². The SMILES string of the molecule is C=CCC1(C)CC(c2cccc(Cl)c2)C(OC)(c2ccc(Cl)c(F)c2)[N+](C)(C(CO)C2CC2)C1=O. The van der Waals surface area contributed by atoms with Crippen LogP contribution in [0.4, 0.5) is 4.39 Å². The number of methoxy groups -OCH3 is 1. The quantitative estimate of drug-likeness (QED) is 0.321.